The summed E-state index contributed by atoms with van der Waals surface area (Å²) < 4.78 is 25.1. The van der Waals surface area contributed by atoms with Gasteiger partial charge in [-0.05, 0) is 6.08 Å². The molecule has 0 aromatic heterocycles. The summed E-state index contributed by atoms with van der Waals surface area (Å²) in [7, 11) is -1.63. The van der Waals surface area contributed by atoms with Crippen LogP contribution in [0.15, 0.2) is 24.8 Å². The minimum Gasteiger partial charge on any atom is -1.00 e. The number of nitrogens with zero attached hydrogens (tertiary/aromatic N) is 3. The van der Waals surface area contributed by atoms with Crippen LogP contribution in [0.3, 0.4) is 0 Å². The molecule has 0 radical (unpaired) electrons. The molecule has 0 aromatic rings. The molecular formula is C17H31BrN3O3P. The van der Waals surface area contributed by atoms with Gasteiger partial charge in [-0.2, -0.15) is 0 Å². The number of rotatable bonds is 6. The fourth-order valence-electron chi connectivity index (χ4n) is 3.80. The summed E-state index contributed by atoms with van der Waals surface area (Å²) in [5.74, 6) is 0. The monoisotopic (exact) mass is 435 g/mol. The second-order valence-corrected chi connectivity index (χ2v) is 9.68. The number of morpholine rings is 3. The SMILES string of the molecule is C=C/C=C/C[P+](N1CCOCC1)(N1CCOCC1)N1CCOCC1.[Br-]. The van der Waals surface area contributed by atoms with Crippen LogP contribution >= 0.6 is 7.71 Å². The lowest BCUT2D eigenvalue weighted by atomic mass is 10.5. The van der Waals surface area contributed by atoms with Crippen molar-refractivity contribution in [3.05, 3.63) is 24.8 Å². The summed E-state index contributed by atoms with van der Waals surface area (Å²) >= 11 is 0. The fraction of sp³-hybridized carbons (Fsp3) is 0.765. The number of halogens is 1. The lowest BCUT2D eigenvalue weighted by Crippen LogP contribution is -3.00. The third-order valence-corrected chi connectivity index (χ3v) is 9.56. The maximum Gasteiger partial charge on any atom is 0.231 e. The van der Waals surface area contributed by atoms with Crippen molar-refractivity contribution in [3.63, 3.8) is 0 Å². The lowest BCUT2D eigenvalue weighted by Gasteiger charge is -2.50. The van der Waals surface area contributed by atoms with Crippen LogP contribution in [0.4, 0.5) is 0 Å². The number of hydrogen-bond donors (Lipinski definition) is 0. The summed E-state index contributed by atoms with van der Waals surface area (Å²) in [6, 6.07) is 0. The third-order valence-electron chi connectivity index (χ3n) is 4.94. The topological polar surface area (TPSA) is 37.4 Å². The maximum atomic E-state index is 5.65. The van der Waals surface area contributed by atoms with Gasteiger partial charge < -0.3 is 31.2 Å². The minimum absolute atomic E-state index is 0. The molecule has 3 heterocycles. The van der Waals surface area contributed by atoms with Gasteiger partial charge in [-0.25, -0.2) is 0 Å². The molecule has 6 nitrogen and oxygen atoms in total. The molecule has 3 saturated heterocycles. The first-order chi connectivity index (χ1) is 11.9. The van der Waals surface area contributed by atoms with Crippen LogP contribution in [0.1, 0.15) is 0 Å². The van der Waals surface area contributed by atoms with Gasteiger partial charge in [-0.3, -0.25) is 0 Å². The molecule has 0 aliphatic carbocycles. The molecule has 0 saturated carbocycles. The van der Waals surface area contributed by atoms with E-state index < -0.39 is 7.71 Å². The molecule has 144 valence electrons. The molecule has 3 rings (SSSR count). The van der Waals surface area contributed by atoms with Gasteiger partial charge in [-0.15, -0.1) is 14.0 Å². The molecule has 3 fully saturated rings. The first-order valence-electron chi connectivity index (χ1n) is 9.03. The molecule has 0 aromatic carbocycles. The van der Waals surface area contributed by atoms with E-state index >= 15 is 0 Å². The number of hydrogen-bond acceptors (Lipinski definition) is 6. The van der Waals surface area contributed by atoms with Gasteiger partial charge in [-0.1, -0.05) is 18.7 Å². The Labute approximate surface area is 163 Å². The average molecular weight is 436 g/mol. The van der Waals surface area contributed by atoms with Gasteiger partial charge in [0.2, 0.25) is 7.71 Å². The van der Waals surface area contributed by atoms with Crippen molar-refractivity contribution in [1.82, 2.24) is 14.0 Å². The Hall–Kier alpha value is 0.150. The van der Waals surface area contributed by atoms with Crippen LogP contribution < -0.4 is 17.0 Å². The Balaban J connectivity index is 0.00000225. The second kappa shape index (κ2) is 11.1. The first-order valence-corrected chi connectivity index (χ1v) is 10.9. The standard InChI is InChI=1S/C17H31N3O3P.BrH/c1-2-3-4-17-24(18-5-11-21-12-6-18,19-7-13-22-14-8-19)20-9-15-23-16-10-20;/h2-4H,1,5-17H2;1H/q+1;/p-1/b4-3+;. The molecule has 0 unspecified atom stereocenters. The van der Waals surface area contributed by atoms with E-state index in [1.165, 1.54) is 0 Å². The Bertz CT molecular complexity index is 378. The van der Waals surface area contributed by atoms with Crippen LogP contribution in [-0.2, 0) is 14.2 Å². The molecule has 0 amide bonds. The number of ether oxygens (including phenoxy) is 3. The predicted octanol–water partition coefficient (Wildman–Crippen LogP) is -1.51. The number of allylic oxidation sites excluding steroid dienone is 3. The molecule has 3 aliphatic heterocycles. The van der Waals surface area contributed by atoms with Gasteiger partial charge in [0.1, 0.15) is 6.16 Å². The van der Waals surface area contributed by atoms with Crippen molar-refractivity contribution in [2.75, 3.05) is 85.1 Å². The summed E-state index contributed by atoms with van der Waals surface area (Å²) in [5.41, 5.74) is 0. The van der Waals surface area contributed by atoms with E-state index in [0.717, 1.165) is 85.1 Å². The van der Waals surface area contributed by atoms with E-state index in [1.54, 1.807) is 0 Å². The molecule has 0 N–H and O–H groups in total. The quantitative estimate of drug-likeness (QED) is 0.373. The van der Waals surface area contributed by atoms with Crippen molar-refractivity contribution in [2.24, 2.45) is 0 Å². The van der Waals surface area contributed by atoms with E-state index in [4.69, 9.17) is 14.2 Å². The Kier molecular flexibility index (Phi) is 9.52. The highest BCUT2D eigenvalue weighted by atomic mass is 79.9. The van der Waals surface area contributed by atoms with Gasteiger partial charge >= 0.3 is 0 Å². The fourth-order valence-corrected chi connectivity index (χ4v) is 8.39. The van der Waals surface area contributed by atoms with E-state index in [2.05, 4.69) is 32.7 Å². The summed E-state index contributed by atoms with van der Waals surface area (Å²) in [6.45, 7) is 15.0. The molecule has 0 bridgehead atoms. The van der Waals surface area contributed by atoms with Crippen LogP contribution in [-0.4, -0.2) is 99.1 Å². The average Bonchev–Trinajstić information content (AvgIpc) is 2.68. The Morgan fingerprint density at radius 1 is 0.720 bits per heavy atom. The van der Waals surface area contributed by atoms with Gasteiger partial charge in [0.25, 0.3) is 0 Å². The summed E-state index contributed by atoms with van der Waals surface area (Å²) in [5, 5.41) is 0. The largest absolute Gasteiger partial charge is 1.00 e. The zero-order valence-corrected chi connectivity index (χ0v) is 17.5. The van der Waals surface area contributed by atoms with Crippen molar-refractivity contribution in [3.8, 4) is 0 Å². The van der Waals surface area contributed by atoms with Crippen molar-refractivity contribution in [1.29, 1.82) is 0 Å². The van der Waals surface area contributed by atoms with E-state index in [0.29, 0.717) is 0 Å². The minimum atomic E-state index is -1.63. The molecule has 0 spiro atoms. The molecular weight excluding hydrogens is 405 g/mol. The van der Waals surface area contributed by atoms with Crippen molar-refractivity contribution < 1.29 is 31.2 Å². The molecule has 3 aliphatic rings. The van der Waals surface area contributed by atoms with Gasteiger partial charge in [0, 0.05) is 0 Å². The Morgan fingerprint density at radius 2 is 1.08 bits per heavy atom. The van der Waals surface area contributed by atoms with E-state index in [-0.39, 0.29) is 17.0 Å². The van der Waals surface area contributed by atoms with Gasteiger partial charge in [0.15, 0.2) is 0 Å². The van der Waals surface area contributed by atoms with Crippen molar-refractivity contribution >= 4 is 7.71 Å². The lowest BCUT2D eigenvalue weighted by molar-refractivity contribution is -0.00000770. The Morgan fingerprint density at radius 3 is 1.40 bits per heavy atom. The van der Waals surface area contributed by atoms with E-state index in [1.807, 2.05) is 6.08 Å². The van der Waals surface area contributed by atoms with Gasteiger partial charge in [0.05, 0.1) is 78.9 Å². The van der Waals surface area contributed by atoms with E-state index in [9.17, 15) is 0 Å². The normalized spacial score (nSPS) is 25.0. The third kappa shape index (κ3) is 5.11. The smallest absolute Gasteiger partial charge is 0.231 e. The van der Waals surface area contributed by atoms with Crippen molar-refractivity contribution in [2.45, 2.75) is 0 Å². The predicted molar refractivity (Wildman–Crippen MR) is 98.3 cm³/mol. The molecule has 0 atom stereocenters. The highest BCUT2D eigenvalue weighted by Crippen LogP contribution is 2.67. The highest BCUT2D eigenvalue weighted by molar-refractivity contribution is 7.69. The zero-order valence-electron chi connectivity index (χ0n) is 15.0. The zero-order chi connectivity index (χ0) is 16.7. The second-order valence-electron chi connectivity index (χ2n) is 6.24. The first kappa shape index (κ1) is 21.5. The van der Waals surface area contributed by atoms with Crippen LogP contribution in [0.2, 0.25) is 0 Å². The maximum absolute atomic E-state index is 5.65. The summed E-state index contributed by atoms with van der Waals surface area (Å²) in [4.78, 5) is 0. The molecule has 25 heavy (non-hydrogen) atoms. The summed E-state index contributed by atoms with van der Waals surface area (Å²) in [6.07, 6.45) is 7.35. The van der Waals surface area contributed by atoms with Crippen LogP contribution in [0, 0.1) is 0 Å². The molecule has 8 heteroatoms. The van der Waals surface area contributed by atoms with Crippen LogP contribution in [0.25, 0.3) is 0 Å². The highest BCUT2D eigenvalue weighted by Gasteiger charge is 2.56. The van der Waals surface area contributed by atoms with Crippen LogP contribution in [0.5, 0.6) is 0 Å².